The number of nitrogens with zero attached hydrogens (tertiary/aromatic N) is 1. The average Bonchev–Trinajstić information content (AvgIpc) is 2.65. The summed E-state index contributed by atoms with van der Waals surface area (Å²) in [6.07, 6.45) is 4.89. The molecule has 1 aromatic heterocycles. The summed E-state index contributed by atoms with van der Waals surface area (Å²) >= 11 is 0. The molecule has 2 rings (SSSR count). The fraction of sp³-hybridized carbons (Fsp3) is 0.364. The van der Waals surface area contributed by atoms with Crippen LogP contribution in [-0.2, 0) is 4.79 Å². The SMILES string of the molecule is O=C1CCC(C(=O)c2ccncc2)C1. The molecule has 1 fully saturated rings. The number of hydrogen-bond acceptors (Lipinski definition) is 3. The maximum atomic E-state index is 11.8. The number of carbonyl (C=O) groups is 2. The van der Waals surface area contributed by atoms with Crippen LogP contribution in [0, 0.1) is 5.92 Å². The Bertz CT molecular complexity index is 359. The molecule has 1 saturated carbocycles. The molecule has 1 heterocycles. The summed E-state index contributed by atoms with van der Waals surface area (Å²) < 4.78 is 0. The first-order chi connectivity index (χ1) is 6.77. The van der Waals surface area contributed by atoms with E-state index in [2.05, 4.69) is 4.98 Å². The van der Waals surface area contributed by atoms with Crippen molar-refractivity contribution in [3.63, 3.8) is 0 Å². The molecule has 72 valence electrons. The molecule has 0 amide bonds. The zero-order valence-corrected chi connectivity index (χ0v) is 7.77. The van der Waals surface area contributed by atoms with Crippen molar-refractivity contribution in [2.24, 2.45) is 5.92 Å². The van der Waals surface area contributed by atoms with Gasteiger partial charge in [0.25, 0.3) is 0 Å². The highest BCUT2D eigenvalue weighted by atomic mass is 16.1. The number of hydrogen-bond donors (Lipinski definition) is 0. The lowest BCUT2D eigenvalue weighted by molar-refractivity contribution is -0.117. The number of Topliss-reactive ketones (excluding diaryl/α,β-unsaturated/α-hetero) is 2. The van der Waals surface area contributed by atoms with Crippen LogP contribution >= 0.6 is 0 Å². The molecule has 1 aromatic rings. The first kappa shape index (κ1) is 9.06. The second-order valence-corrected chi connectivity index (χ2v) is 3.58. The van der Waals surface area contributed by atoms with Gasteiger partial charge in [-0.25, -0.2) is 0 Å². The summed E-state index contributed by atoms with van der Waals surface area (Å²) in [7, 11) is 0. The summed E-state index contributed by atoms with van der Waals surface area (Å²) in [4.78, 5) is 26.7. The second kappa shape index (κ2) is 3.70. The zero-order chi connectivity index (χ0) is 9.97. The van der Waals surface area contributed by atoms with Crippen molar-refractivity contribution in [1.82, 2.24) is 4.98 Å². The molecule has 1 aliphatic rings. The molecule has 1 atom stereocenters. The molecule has 1 unspecified atom stereocenters. The lowest BCUT2D eigenvalue weighted by Gasteiger charge is -2.05. The van der Waals surface area contributed by atoms with Crippen LogP contribution in [0.2, 0.25) is 0 Å². The molecule has 0 aromatic carbocycles. The molecule has 0 saturated heterocycles. The van der Waals surface area contributed by atoms with Gasteiger partial charge >= 0.3 is 0 Å². The minimum atomic E-state index is -0.0927. The Labute approximate surface area is 82.2 Å². The van der Waals surface area contributed by atoms with Crippen LogP contribution in [0.1, 0.15) is 29.6 Å². The molecule has 0 bridgehead atoms. The quantitative estimate of drug-likeness (QED) is 0.664. The van der Waals surface area contributed by atoms with E-state index in [-0.39, 0.29) is 17.5 Å². The third kappa shape index (κ3) is 1.71. The van der Waals surface area contributed by atoms with Gasteiger partial charge in [0.05, 0.1) is 0 Å². The van der Waals surface area contributed by atoms with E-state index < -0.39 is 0 Å². The van der Waals surface area contributed by atoms with Gasteiger partial charge in [-0.1, -0.05) is 0 Å². The lowest BCUT2D eigenvalue weighted by atomic mass is 9.97. The maximum Gasteiger partial charge on any atom is 0.166 e. The number of carbonyl (C=O) groups excluding carboxylic acids is 2. The summed E-state index contributed by atoms with van der Waals surface area (Å²) in [5, 5.41) is 0. The van der Waals surface area contributed by atoms with Crippen LogP contribution in [0.5, 0.6) is 0 Å². The number of rotatable bonds is 2. The topological polar surface area (TPSA) is 47.0 Å². The molecular weight excluding hydrogens is 178 g/mol. The van der Waals surface area contributed by atoms with Gasteiger partial charge in [-0.05, 0) is 18.6 Å². The Hall–Kier alpha value is -1.51. The monoisotopic (exact) mass is 189 g/mol. The van der Waals surface area contributed by atoms with E-state index in [1.54, 1.807) is 24.5 Å². The van der Waals surface area contributed by atoms with Crippen LogP contribution in [0.25, 0.3) is 0 Å². The van der Waals surface area contributed by atoms with Gasteiger partial charge in [-0.2, -0.15) is 0 Å². The fourth-order valence-corrected chi connectivity index (χ4v) is 1.79. The van der Waals surface area contributed by atoms with E-state index in [0.717, 1.165) is 0 Å². The molecule has 1 aliphatic carbocycles. The van der Waals surface area contributed by atoms with E-state index in [1.165, 1.54) is 0 Å². The first-order valence-electron chi connectivity index (χ1n) is 4.73. The van der Waals surface area contributed by atoms with Crippen molar-refractivity contribution in [2.45, 2.75) is 19.3 Å². The molecule has 3 nitrogen and oxygen atoms in total. The molecule has 0 radical (unpaired) electrons. The van der Waals surface area contributed by atoms with Crippen molar-refractivity contribution in [2.75, 3.05) is 0 Å². The Morgan fingerprint density at radius 1 is 1.36 bits per heavy atom. The van der Waals surface area contributed by atoms with E-state index in [9.17, 15) is 9.59 Å². The van der Waals surface area contributed by atoms with Crippen molar-refractivity contribution < 1.29 is 9.59 Å². The summed E-state index contributed by atoms with van der Waals surface area (Å²) in [6.45, 7) is 0. The highest BCUT2D eigenvalue weighted by Gasteiger charge is 2.28. The van der Waals surface area contributed by atoms with Gasteiger partial charge < -0.3 is 0 Å². The van der Waals surface area contributed by atoms with Gasteiger partial charge in [0.15, 0.2) is 5.78 Å². The molecular formula is C11H11NO2. The number of ketones is 2. The molecule has 0 aliphatic heterocycles. The van der Waals surface area contributed by atoms with Crippen LogP contribution in [0.3, 0.4) is 0 Å². The highest BCUT2D eigenvalue weighted by Crippen LogP contribution is 2.25. The van der Waals surface area contributed by atoms with Crippen molar-refractivity contribution in [3.05, 3.63) is 30.1 Å². The number of pyridine rings is 1. The Kier molecular flexibility index (Phi) is 2.39. The van der Waals surface area contributed by atoms with Gasteiger partial charge in [-0.15, -0.1) is 0 Å². The van der Waals surface area contributed by atoms with Crippen molar-refractivity contribution in [1.29, 1.82) is 0 Å². The van der Waals surface area contributed by atoms with Crippen LogP contribution in [-0.4, -0.2) is 16.6 Å². The first-order valence-corrected chi connectivity index (χ1v) is 4.73. The number of aromatic nitrogens is 1. The highest BCUT2D eigenvalue weighted by molar-refractivity contribution is 6.01. The molecule has 0 N–H and O–H groups in total. The molecule has 3 heteroatoms. The normalized spacial score (nSPS) is 21.1. The van der Waals surface area contributed by atoms with E-state index in [0.29, 0.717) is 24.8 Å². The minimum Gasteiger partial charge on any atom is -0.300 e. The van der Waals surface area contributed by atoms with Gasteiger partial charge in [0.1, 0.15) is 5.78 Å². The van der Waals surface area contributed by atoms with E-state index in [1.807, 2.05) is 0 Å². The van der Waals surface area contributed by atoms with Gasteiger partial charge in [0.2, 0.25) is 0 Å². The lowest BCUT2D eigenvalue weighted by Crippen LogP contribution is -2.11. The smallest absolute Gasteiger partial charge is 0.166 e. The summed E-state index contributed by atoms with van der Waals surface area (Å²) in [6, 6.07) is 3.40. The second-order valence-electron chi connectivity index (χ2n) is 3.58. The zero-order valence-electron chi connectivity index (χ0n) is 7.77. The van der Waals surface area contributed by atoms with E-state index in [4.69, 9.17) is 0 Å². The Morgan fingerprint density at radius 3 is 2.64 bits per heavy atom. The fourth-order valence-electron chi connectivity index (χ4n) is 1.79. The minimum absolute atomic E-state index is 0.0817. The van der Waals surface area contributed by atoms with Gasteiger partial charge in [0, 0.05) is 36.7 Å². The largest absolute Gasteiger partial charge is 0.300 e. The predicted molar refractivity (Wildman–Crippen MR) is 50.9 cm³/mol. The Balaban J connectivity index is 2.13. The molecule has 0 spiro atoms. The third-order valence-corrected chi connectivity index (χ3v) is 2.58. The average molecular weight is 189 g/mol. The van der Waals surface area contributed by atoms with Crippen molar-refractivity contribution >= 4 is 11.6 Å². The van der Waals surface area contributed by atoms with Crippen LogP contribution in [0.15, 0.2) is 24.5 Å². The predicted octanol–water partition coefficient (Wildman–Crippen LogP) is 1.63. The maximum absolute atomic E-state index is 11.8. The molecule has 14 heavy (non-hydrogen) atoms. The Morgan fingerprint density at radius 2 is 2.07 bits per heavy atom. The summed E-state index contributed by atoms with van der Waals surface area (Å²) in [5.41, 5.74) is 0.666. The van der Waals surface area contributed by atoms with Crippen molar-refractivity contribution in [3.8, 4) is 0 Å². The standard InChI is InChI=1S/C11H11NO2/c13-10-2-1-9(7-10)11(14)8-3-5-12-6-4-8/h3-6,9H,1-2,7H2. The third-order valence-electron chi connectivity index (χ3n) is 2.58. The van der Waals surface area contributed by atoms with Crippen LogP contribution < -0.4 is 0 Å². The summed E-state index contributed by atoms with van der Waals surface area (Å²) in [5.74, 6) is 0.195. The van der Waals surface area contributed by atoms with E-state index >= 15 is 0 Å². The van der Waals surface area contributed by atoms with Crippen LogP contribution in [0.4, 0.5) is 0 Å². The van der Waals surface area contributed by atoms with Gasteiger partial charge in [-0.3, -0.25) is 14.6 Å².